The van der Waals surface area contributed by atoms with E-state index in [2.05, 4.69) is 19.2 Å². The number of aliphatic carboxylic acids is 1. The Morgan fingerprint density at radius 3 is 2.24 bits per heavy atom. The van der Waals surface area contributed by atoms with Crippen molar-refractivity contribution in [2.45, 2.75) is 26.4 Å². The maximum absolute atomic E-state index is 11.7. The predicted molar refractivity (Wildman–Crippen MR) is 61.6 cm³/mol. The maximum Gasteiger partial charge on any atom is 0.337 e. The topological polar surface area (TPSA) is 89.9 Å². The number of carbonyl (C=O) groups excluding carboxylic acids is 1. The first-order valence-electron chi connectivity index (χ1n) is 5.72. The van der Waals surface area contributed by atoms with Gasteiger partial charge in [-0.05, 0) is 18.8 Å². The van der Waals surface area contributed by atoms with E-state index < -0.39 is 11.6 Å². The zero-order chi connectivity index (χ0) is 13.2. The highest BCUT2D eigenvalue weighted by Crippen LogP contribution is 2.21. The van der Waals surface area contributed by atoms with Crippen molar-refractivity contribution in [3.63, 3.8) is 0 Å². The number of likely N-dealkylation sites (tertiary alicyclic amines) is 1. The lowest BCUT2D eigenvalue weighted by Crippen LogP contribution is -2.49. The minimum absolute atomic E-state index is 0.291. The van der Waals surface area contributed by atoms with E-state index in [0.717, 1.165) is 6.92 Å². The monoisotopic (exact) mass is 244 g/mol. The SMILES string of the molecule is CC1CN(C(=O)NCC(C)(O)C(=O)O)CC1C. The molecule has 0 aromatic carbocycles. The average molecular weight is 244 g/mol. The molecule has 1 saturated heterocycles. The summed E-state index contributed by atoms with van der Waals surface area (Å²) >= 11 is 0. The van der Waals surface area contributed by atoms with E-state index >= 15 is 0 Å². The van der Waals surface area contributed by atoms with Gasteiger partial charge >= 0.3 is 12.0 Å². The normalized spacial score (nSPS) is 27.6. The van der Waals surface area contributed by atoms with Gasteiger partial charge in [-0.2, -0.15) is 0 Å². The van der Waals surface area contributed by atoms with E-state index in [9.17, 15) is 14.7 Å². The van der Waals surface area contributed by atoms with Crippen molar-refractivity contribution in [1.82, 2.24) is 10.2 Å². The molecular formula is C11H20N2O4. The minimum atomic E-state index is -1.92. The molecule has 2 amide bonds. The molecule has 98 valence electrons. The van der Waals surface area contributed by atoms with E-state index in [1.54, 1.807) is 4.90 Å². The first kappa shape index (κ1) is 13.8. The van der Waals surface area contributed by atoms with Gasteiger partial charge in [0, 0.05) is 13.1 Å². The summed E-state index contributed by atoms with van der Waals surface area (Å²) in [4.78, 5) is 24.0. The Morgan fingerprint density at radius 2 is 1.82 bits per heavy atom. The number of aliphatic hydroxyl groups is 1. The van der Waals surface area contributed by atoms with Gasteiger partial charge in [0.25, 0.3) is 0 Å². The van der Waals surface area contributed by atoms with Crippen LogP contribution in [-0.2, 0) is 4.79 Å². The van der Waals surface area contributed by atoms with Crippen LogP contribution in [0, 0.1) is 11.8 Å². The molecule has 0 saturated carbocycles. The van der Waals surface area contributed by atoms with Crippen molar-refractivity contribution in [2.24, 2.45) is 11.8 Å². The average Bonchev–Trinajstić information content (AvgIpc) is 2.56. The molecule has 3 atom stereocenters. The third-order valence-corrected chi connectivity index (χ3v) is 3.32. The second-order valence-electron chi connectivity index (χ2n) is 5.10. The number of nitrogens with zero attached hydrogens (tertiary/aromatic N) is 1. The Bertz CT molecular complexity index is 307. The number of rotatable bonds is 3. The van der Waals surface area contributed by atoms with Crippen LogP contribution in [-0.4, -0.2) is 52.3 Å². The molecule has 3 N–H and O–H groups in total. The Hall–Kier alpha value is -1.30. The van der Waals surface area contributed by atoms with Crippen LogP contribution in [0.3, 0.4) is 0 Å². The molecular weight excluding hydrogens is 224 g/mol. The standard InChI is InChI=1S/C11H20N2O4/c1-7-4-13(5-8(7)2)10(16)12-6-11(3,17)9(14)15/h7-8,17H,4-6H2,1-3H3,(H,12,16)(H,14,15). The van der Waals surface area contributed by atoms with Crippen LogP contribution >= 0.6 is 0 Å². The van der Waals surface area contributed by atoms with Crippen molar-refractivity contribution in [3.05, 3.63) is 0 Å². The number of carbonyl (C=O) groups is 2. The molecule has 6 heteroatoms. The van der Waals surface area contributed by atoms with Crippen molar-refractivity contribution >= 4 is 12.0 Å². The van der Waals surface area contributed by atoms with E-state index in [-0.39, 0.29) is 12.6 Å². The Labute approximate surface area is 101 Å². The lowest BCUT2D eigenvalue weighted by molar-refractivity contribution is -0.155. The van der Waals surface area contributed by atoms with Crippen molar-refractivity contribution < 1.29 is 19.8 Å². The molecule has 1 fully saturated rings. The lowest BCUT2D eigenvalue weighted by Gasteiger charge is -2.22. The largest absolute Gasteiger partial charge is 0.479 e. The number of nitrogens with one attached hydrogen (secondary N) is 1. The molecule has 1 aliphatic rings. The van der Waals surface area contributed by atoms with Gasteiger partial charge in [0.2, 0.25) is 0 Å². The lowest BCUT2D eigenvalue weighted by atomic mass is 10.0. The molecule has 0 aliphatic carbocycles. The van der Waals surface area contributed by atoms with Crippen LogP contribution in [0.25, 0.3) is 0 Å². The molecule has 1 aliphatic heterocycles. The van der Waals surface area contributed by atoms with Crippen LogP contribution < -0.4 is 5.32 Å². The predicted octanol–water partition coefficient (Wildman–Crippen LogP) is 0.119. The van der Waals surface area contributed by atoms with Crippen LogP contribution in [0.5, 0.6) is 0 Å². The summed E-state index contributed by atoms with van der Waals surface area (Å²) in [5.41, 5.74) is -1.92. The highest BCUT2D eigenvalue weighted by Gasteiger charge is 2.33. The number of amides is 2. The van der Waals surface area contributed by atoms with Crippen LogP contribution in [0.2, 0.25) is 0 Å². The van der Waals surface area contributed by atoms with Gasteiger partial charge in [-0.15, -0.1) is 0 Å². The highest BCUT2D eigenvalue weighted by atomic mass is 16.4. The van der Waals surface area contributed by atoms with Crippen molar-refractivity contribution in [2.75, 3.05) is 19.6 Å². The fourth-order valence-corrected chi connectivity index (χ4v) is 1.73. The summed E-state index contributed by atoms with van der Waals surface area (Å²) in [6.45, 7) is 6.35. The summed E-state index contributed by atoms with van der Waals surface area (Å²) < 4.78 is 0. The van der Waals surface area contributed by atoms with Gasteiger partial charge in [0.05, 0.1) is 6.54 Å². The fraction of sp³-hybridized carbons (Fsp3) is 0.818. The molecule has 0 aromatic rings. The second-order valence-corrected chi connectivity index (χ2v) is 5.10. The van der Waals surface area contributed by atoms with E-state index in [4.69, 9.17) is 5.11 Å². The second kappa shape index (κ2) is 4.91. The molecule has 0 aromatic heterocycles. The third kappa shape index (κ3) is 3.33. The van der Waals surface area contributed by atoms with Gasteiger partial charge in [0.1, 0.15) is 0 Å². The number of hydrogen-bond donors (Lipinski definition) is 3. The summed E-state index contributed by atoms with van der Waals surface area (Å²) in [5, 5.41) is 20.6. The summed E-state index contributed by atoms with van der Waals surface area (Å²) in [5.74, 6) is -0.456. The highest BCUT2D eigenvalue weighted by molar-refractivity contribution is 5.79. The number of carboxylic acid groups (broad SMARTS) is 1. The minimum Gasteiger partial charge on any atom is -0.479 e. The molecule has 6 nitrogen and oxygen atoms in total. The van der Waals surface area contributed by atoms with Crippen molar-refractivity contribution in [3.8, 4) is 0 Å². The maximum atomic E-state index is 11.7. The fourth-order valence-electron chi connectivity index (χ4n) is 1.73. The quantitative estimate of drug-likeness (QED) is 0.657. The van der Waals surface area contributed by atoms with Gasteiger partial charge < -0.3 is 20.4 Å². The van der Waals surface area contributed by atoms with E-state index in [1.807, 2.05) is 0 Å². The summed E-state index contributed by atoms with van der Waals surface area (Å²) in [6, 6.07) is -0.317. The number of urea groups is 1. The summed E-state index contributed by atoms with van der Waals surface area (Å²) in [7, 11) is 0. The Kier molecular flexibility index (Phi) is 3.98. The molecule has 0 bridgehead atoms. The van der Waals surface area contributed by atoms with Crippen molar-refractivity contribution in [1.29, 1.82) is 0 Å². The molecule has 17 heavy (non-hydrogen) atoms. The van der Waals surface area contributed by atoms with Crippen LogP contribution in [0.15, 0.2) is 0 Å². The van der Waals surface area contributed by atoms with Crippen LogP contribution in [0.4, 0.5) is 4.79 Å². The number of hydrogen-bond acceptors (Lipinski definition) is 3. The zero-order valence-corrected chi connectivity index (χ0v) is 10.4. The molecule has 0 radical (unpaired) electrons. The zero-order valence-electron chi connectivity index (χ0n) is 10.4. The smallest absolute Gasteiger partial charge is 0.337 e. The van der Waals surface area contributed by atoms with E-state index in [1.165, 1.54) is 0 Å². The molecule has 1 heterocycles. The van der Waals surface area contributed by atoms with Gasteiger partial charge in [-0.1, -0.05) is 13.8 Å². The van der Waals surface area contributed by atoms with Gasteiger partial charge in [-0.3, -0.25) is 0 Å². The van der Waals surface area contributed by atoms with Gasteiger partial charge in [-0.25, -0.2) is 9.59 Å². The summed E-state index contributed by atoms with van der Waals surface area (Å²) in [6.07, 6.45) is 0. The first-order chi connectivity index (χ1) is 7.74. The molecule has 0 spiro atoms. The molecule has 1 rings (SSSR count). The van der Waals surface area contributed by atoms with E-state index in [0.29, 0.717) is 24.9 Å². The van der Waals surface area contributed by atoms with Gasteiger partial charge in [0.15, 0.2) is 5.60 Å². The first-order valence-corrected chi connectivity index (χ1v) is 5.72. The number of carboxylic acids is 1. The molecule has 3 unspecified atom stereocenters. The third-order valence-electron chi connectivity index (χ3n) is 3.32. The Morgan fingerprint density at radius 1 is 1.35 bits per heavy atom. The Balaban J connectivity index is 2.44. The van der Waals surface area contributed by atoms with Crippen LogP contribution in [0.1, 0.15) is 20.8 Å².